The van der Waals surface area contributed by atoms with Crippen molar-refractivity contribution >= 4 is 34.5 Å². The molecule has 2 amide bonds. The van der Waals surface area contributed by atoms with Gasteiger partial charge in [0.25, 0.3) is 5.24 Å². The van der Waals surface area contributed by atoms with E-state index < -0.39 is 0 Å². The van der Waals surface area contributed by atoms with Gasteiger partial charge in [0.15, 0.2) is 0 Å². The number of hydrogen-bond donors (Lipinski definition) is 1. The van der Waals surface area contributed by atoms with Crippen LogP contribution in [0.3, 0.4) is 0 Å². The number of hydrogen-bond acceptors (Lipinski definition) is 5. The predicted molar refractivity (Wildman–Crippen MR) is 93.9 cm³/mol. The fourth-order valence-electron chi connectivity index (χ4n) is 2.40. The lowest BCUT2D eigenvalue weighted by atomic mass is 10.0. The molecule has 1 aromatic heterocycles. The summed E-state index contributed by atoms with van der Waals surface area (Å²) in [6.07, 6.45) is 2.19. The van der Waals surface area contributed by atoms with Gasteiger partial charge in [-0.2, -0.15) is 0 Å². The standard InChI is InChI=1S/C17H15ClN2O3S/c1-9-5-13(18)16(19-8-9)23-12-4-3-11(10(2)6-12)7-14-15(21)20-17(22)24-14/h3-6,8,14H,7H2,1-2H3,(H,20,21,22)/t14-/m1/s1. The van der Waals surface area contributed by atoms with Gasteiger partial charge in [-0.05, 0) is 55.2 Å². The first-order valence-electron chi connectivity index (χ1n) is 7.33. The quantitative estimate of drug-likeness (QED) is 0.889. The Morgan fingerprint density at radius 1 is 1.29 bits per heavy atom. The molecule has 7 heteroatoms. The van der Waals surface area contributed by atoms with Crippen LogP contribution in [0.1, 0.15) is 16.7 Å². The molecule has 0 radical (unpaired) electrons. The van der Waals surface area contributed by atoms with Crippen LogP contribution in [0.25, 0.3) is 0 Å². The van der Waals surface area contributed by atoms with E-state index in [-0.39, 0.29) is 16.4 Å². The van der Waals surface area contributed by atoms with E-state index in [1.54, 1.807) is 18.3 Å². The number of rotatable bonds is 4. The molecule has 124 valence electrons. The number of halogens is 1. The van der Waals surface area contributed by atoms with Crippen LogP contribution in [0.4, 0.5) is 4.79 Å². The summed E-state index contributed by atoms with van der Waals surface area (Å²) in [6, 6.07) is 7.35. The van der Waals surface area contributed by atoms with Crippen LogP contribution in [-0.2, 0) is 11.2 Å². The van der Waals surface area contributed by atoms with Crippen molar-refractivity contribution < 1.29 is 14.3 Å². The minimum atomic E-state index is -0.379. The molecular weight excluding hydrogens is 348 g/mol. The molecule has 2 aromatic rings. The van der Waals surface area contributed by atoms with Crippen LogP contribution >= 0.6 is 23.4 Å². The number of benzene rings is 1. The Bertz CT molecular complexity index is 825. The molecule has 1 atom stereocenters. The van der Waals surface area contributed by atoms with Gasteiger partial charge in [0, 0.05) is 6.20 Å². The number of aryl methyl sites for hydroxylation is 2. The van der Waals surface area contributed by atoms with Crippen molar-refractivity contribution in [3.05, 3.63) is 52.2 Å². The molecule has 1 aliphatic rings. The zero-order valence-electron chi connectivity index (χ0n) is 13.1. The summed E-state index contributed by atoms with van der Waals surface area (Å²) in [5.74, 6) is 0.736. The topological polar surface area (TPSA) is 68.3 Å². The molecule has 5 nitrogen and oxygen atoms in total. The van der Waals surface area contributed by atoms with Crippen LogP contribution < -0.4 is 10.1 Å². The Kier molecular flexibility index (Phi) is 4.78. The zero-order valence-corrected chi connectivity index (χ0v) is 14.7. The van der Waals surface area contributed by atoms with E-state index >= 15 is 0 Å². The third kappa shape index (κ3) is 3.71. The van der Waals surface area contributed by atoms with E-state index in [4.69, 9.17) is 16.3 Å². The van der Waals surface area contributed by atoms with Crippen LogP contribution in [0.2, 0.25) is 5.02 Å². The Balaban J connectivity index is 1.75. The van der Waals surface area contributed by atoms with E-state index in [1.807, 2.05) is 26.0 Å². The van der Waals surface area contributed by atoms with Crippen molar-refractivity contribution in [1.29, 1.82) is 0 Å². The lowest BCUT2D eigenvalue weighted by Gasteiger charge is -2.12. The third-order valence-corrected chi connectivity index (χ3v) is 4.90. The highest BCUT2D eigenvalue weighted by Gasteiger charge is 2.31. The normalized spacial score (nSPS) is 17.0. The molecule has 0 unspecified atom stereocenters. The minimum Gasteiger partial charge on any atom is -0.438 e. The number of pyridine rings is 1. The van der Waals surface area contributed by atoms with Gasteiger partial charge >= 0.3 is 0 Å². The maximum absolute atomic E-state index is 11.7. The molecule has 1 saturated heterocycles. The van der Waals surface area contributed by atoms with Gasteiger partial charge in [-0.1, -0.05) is 29.4 Å². The zero-order chi connectivity index (χ0) is 17.3. The number of aromatic nitrogens is 1. The molecule has 2 heterocycles. The number of thioether (sulfide) groups is 1. The van der Waals surface area contributed by atoms with Crippen molar-refractivity contribution in [3.8, 4) is 11.6 Å². The number of imide groups is 1. The Hall–Kier alpha value is -2.05. The van der Waals surface area contributed by atoms with Crippen LogP contribution in [-0.4, -0.2) is 21.4 Å². The maximum Gasteiger partial charge on any atom is 0.286 e. The molecule has 3 rings (SSSR count). The average Bonchev–Trinajstić information content (AvgIpc) is 2.82. The molecule has 24 heavy (non-hydrogen) atoms. The van der Waals surface area contributed by atoms with Crippen LogP contribution in [0, 0.1) is 13.8 Å². The van der Waals surface area contributed by atoms with Crippen LogP contribution in [0.5, 0.6) is 11.6 Å². The maximum atomic E-state index is 11.7. The van der Waals surface area contributed by atoms with Gasteiger partial charge in [-0.3, -0.25) is 14.9 Å². The summed E-state index contributed by atoms with van der Waals surface area (Å²) >= 11 is 7.16. The fraction of sp³-hybridized carbons (Fsp3) is 0.235. The van der Waals surface area contributed by atoms with E-state index in [0.717, 1.165) is 28.5 Å². The van der Waals surface area contributed by atoms with E-state index in [0.29, 0.717) is 23.1 Å². The smallest absolute Gasteiger partial charge is 0.286 e. The van der Waals surface area contributed by atoms with Gasteiger partial charge in [0.2, 0.25) is 11.8 Å². The monoisotopic (exact) mass is 362 g/mol. The van der Waals surface area contributed by atoms with Gasteiger partial charge < -0.3 is 4.74 Å². The average molecular weight is 363 g/mol. The second kappa shape index (κ2) is 6.83. The summed E-state index contributed by atoms with van der Waals surface area (Å²) in [5.41, 5.74) is 2.93. The van der Waals surface area contributed by atoms with E-state index in [1.165, 1.54) is 0 Å². The first kappa shape index (κ1) is 16.8. The second-order valence-electron chi connectivity index (χ2n) is 5.58. The molecule has 1 fully saturated rings. The minimum absolute atomic E-state index is 0.236. The number of carbonyl (C=O) groups is 2. The number of carbonyl (C=O) groups excluding carboxylic acids is 2. The Labute approximate surface area is 148 Å². The summed E-state index contributed by atoms with van der Waals surface area (Å²) < 4.78 is 5.73. The van der Waals surface area contributed by atoms with Crippen molar-refractivity contribution in [2.75, 3.05) is 0 Å². The molecule has 0 bridgehead atoms. The SMILES string of the molecule is Cc1cnc(Oc2ccc(C[C@H]3SC(=O)NC3=O)c(C)c2)c(Cl)c1. The highest BCUT2D eigenvalue weighted by atomic mass is 35.5. The van der Waals surface area contributed by atoms with Gasteiger partial charge in [-0.15, -0.1) is 0 Å². The molecular formula is C17H15ClN2O3S. The molecule has 0 spiro atoms. The highest BCUT2D eigenvalue weighted by Crippen LogP contribution is 2.30. The second-order valence-corrected chi connectivity index (χ2v) is 7.16. The first-order chi connectivity index (χ1) is 11.4. The van der Waals surface area contributed by atoms with Crippen molar-refractivity contribution in [3.63, 3.8) is 0 Å². The molecule has 0 aliphatic carbocycles. The number of amides is 2. The fourth-order valence-corrected chi connectivity index (χ4v) is 3.50. The van der Waals surface area contributed by atoms with Crippen molar-refractivity contribution in [1.82, 2.24) is 10.3 Å². The summed E-state index contributed by atoms with van der Waals surface area (Å²) in [7, 11) is 0. The van der Waals surface area contributed by atoms with Crippen molar-refractivity contribution in [2.45, 2.75) is 25.5 Å². The third-order valence-electron chi connectivity index (χ3n) is 3.65. The van der Waals surface area contributed by atoms with E-state index in [9.17, 15) is 9.59 Å². The highest BCUT2D eigenvalue weighted by molar-refractivity contribution is 8.15. The Morgan fingerprint density at radius 2 is 2.08 bits per heavy atom. The number of nitrogens with zero attached hydrogens (tertiary/aromatic N) is 1. The van der Waals surface area contributed by atoms with Crippen LogP contribution in [0.15, 0.2) is 30.5 Å². The largest absolute Gasteiger partial charge is 0.438 e. The number of ether oxygens (including phenoxy) is 1. The lowest BCUT2D eigenvalue weighted by Crippen LogP contribution is -2.25. The summed E-state index contributed by atoms with van der Waals surface area (Å²) in [6.45, 7) is 3.84. The molecule has 1 aliphatic heterocycles. The van der Waals surface area contributed by atoms with E-state index in [2.05, 4.69) is 10.3 Å². The predicted octanol–water partition coefficient (Wildman–Crippen LogP) is 4.04. The van der Waals surface area contributed by atoms with Gasteiger partial charge in [0.05, 0.1) is 5.25 Å². The Morgan fingerprint density at radius 3 is 2.71 bits per heavy atom. The molecule has 1 N–H and O–H groups in total. The molecule has 1 aromatic carbocycles. The number of nitrogens with one attached hydrogen (secondary N) is 1. The van der Waals surface area contributed by atoms with Crippen molar-refractivity contribution in [2.24, 2.45) is 0 Å². The van der Waals surface area contributed by atoms with Gasteiger partial charge in [-0.25, -0.2) is 4.98 Å². The molecule has 0 saturated carbocycles. The summed E-state index contributed by atoms with van der Waals surface area (Å²) in [4.78, 5) is 27.1. The lowest BCUT2D eigenvalue weighted by molar-refractivity contribution is -0.118. The first-order valence-corrected chi connectivity index (χ1v) is 8.59. The van der Waals surface area contributed by atoms with Gasteiger partial charge in [0.1, 0.15) is 10.8 Å². The summed E-state index contributed by atoms with van der Waals surface area (Å²) in [5, 5.41) is 2.08.